The molecule has 2 fully saturated rings. The van der Waals surface area contributed by atoms with Crippen molar-refractivity contribution in [2.24, 2.45) is 0 Å². The van der Waals surface area contributed by atoms with Crippen LogP contribution in [0, 0.1) is 0 Å². The molecule has 3 heteroatoms. The lowest BCUT2D eigenvalue weighted by molar-refractivity contribution is 0.0692. The number of nitrogens with one attached hydrogen (secondary N) is 1. The Kier molecular flexibility index (Phi) is 5.26. The molecule has 100 valence electrons. The molecule has 0 aromatic heterocycles. The Balaban J connectivity index is 1.76. The molecule has 1 saturated carbocycles. The molecule has 0 radical (unpaired) electrons. The zero-order valence-corrected chi connectivity index (χ0v) is 11.6. The zero-order valence-electron chi connectivity index (χ0n) is 11.6. The lowest BCUT2D eigenvalue weighted by Crippen LogP contribution is -2.54. The first-order valence-corrected chi connectivity index (χ1v) is 7.47. The van der Waals surface area contributed by atoms with Crippen molar-refractivity contribution in [2.75, 3.05) is 39.8 Å². The molecule has 1 atom stereocenters. The van der Waals surface area contributed by atoms with Gasteiger partial charge in [-0.25, -0.2) is 0 Å². The van der Waals surface area contributed by atoms with E-state index in [1.54, 1.807) is 0 Å². The number of piperazine rings is 1. The van der Waals surface area contributed by atoms with Gasteiger partial charge in [-0.2, -0.15) is 0 Å². The van der Waals surface area contributed by atoms with E-state index in [1.807, 2.05) is 0 Å². The van der Waals surface area contributed by atoms with Crippen molar-refractivity contribution in [1.82, 2.24) is 15.1 Å². The summed E-state index contributed by atoms with van der Waals surface area (Å²) in [4.78, 5) is 5.43. The van der Waals surface area contributed by atoms with E-state index in [1.165, 1.54) is 58.3 Å². The van der Waals surface area contributed by atoms with Crippen LogP contribution >= 0.6 is 0 Å². The second kappa shape index (κ2) is 6.72. The first-order chi connectivity index (χ1) is 8.35. The van der Waals surface area contributed by atoms with Gasteiger partial charge >= 0.3 is 0 Å². The standard InChI is InChI=1S/C14H29N3/c1-3-13(12-15-2)16-8-10-17(11-9-16)14-6-4-5-7-14/h13-15H,3-12H2,1-2H3. The van der Waals surface area contributed by atoms with Crippen LogP contribution < -0.4 is 5.32 Å². The molecule has 3 nitrogen and oxygen atoms in total. The Hall–Kier alpha value is -0.120. The van der Waals surface area contributed by atoms with E-state index in [2.05, 4.69) is 29.1 Å². The molecule has 1 aliphatic carbocycles. The van der Waals surface area contributed by atoms with Gasteiger partial charge in [-0.3, -0.25) is 9.80 Å². The zero-order chi connectivity index (χ0) is 12.1. The smallest absolute Gasteiger partial charge is 0.0218 e. The van der Waals surface area contributed by atoms with E-state index in [0.29, 0.717) is 0 Å². The molecule has 0 bridgehead atoms. The third-order valence-corrected chi connectivity index (χ3v) is 4.62. The number of likely N-dealkylation sites (N-methyl/N-ethyl adjacent to an activating group) is 1. The summed E-state index contributed by atoms with van der Waals surface area (Å²) in [5, 5.41) is 3.33. The molecule has 17 heavy (non-hydrogen) atoms. The number of nitrogens with zero attached hydrogens (tertiary/aromatic N) is 2. The van der Waals surface area contributed by atoms with Crippen LogP contribution in [-0.4, -0.2) is 61.7 Å². The van der Waals surface area contributed by atoms with Gasteiger partial charge in [0.05, 0.1) is 0 Å². The minimum absolute atomic E-state index is 0.741. The molecule has 2 aliphatic rings. The van der Waals surface area contributed by atoms with Crippen LogP contribution in [0.4, 0.5) is 0 Å². The van der Waals surface area contributed by atoms with Gasteiger partial charge in [0.2, 0.25) is 0 Å². The number of hydrogen-bond acceptors (Lipinski definition) is 3. The summed E-state index contributed by atoms with van der Waals surface area (Å²) in [7, 11) is 2.07. The van der Waals surface area contributed by atoms with E-state index in [-0.39, 0.29) is 0 Å². The van der Waals surface area contributed by atoms with Crippen LogP contribution in [0.3, 0.4) is 0 Å². The molecule has 2 rings (SSSR count). The lowest BCUT2D eigenvalue weighted by atomic mass is 10.1. The summed E-state index contributed by atoms with van der Waals surface area (Å²) < 4.78 is 0. The molecule has 1 saturated heterocycles. The van der Waals surface area contributed by atoms with Crippen LogP contribution in [0.15, 0.2) is 0 Å². The van der Waals surface area contributed by atoms with Crippen LogP contribution in [0.1, 0.15) is 39.0 Å². The first-order valence-electron chi connectivity index (χ1n) is 7.47. The third kappa shape index (κ3) is 3.43. The predicted octanol–water partition coefficient (Wildman–Crippen LogP) is 1.54. The molecule has 0 aromatic rings. The second-order valence-electron chi connectivity index (χ2n) is 5.63. The van der Waals surface area contributed by atoms with Crippen LogP contribution in [-0.2, 0) is 0 Å². The normalized spacial score (nSPS) is 26.5. The van der Waals surface area contributed by atoms with Gasteiger partial charge < -0.3 is 5.32 Å². The SMILES string of the molecule is CCC(CNC)N1CCN(C2CCCC2)CC1. The van der Waals surface area contributed by atoms with Gasteiger partial charge in [0.15, 0.2) is 0 Å². The fourth-order valence-electron chi connectivity index (χ4n) is 3.50. The summed E-state index contributed by atoms with van der Waals surface area (Å²) in [6, 6.07) is 1.66. The topological polar surface area (TPSA) is 18.5 Å². The lowest BCUT2D eigenvalue weighted by Gasteiger charge is -2.41. The molecule has 0 aromatic carbocycles. The highest BCUT2D eigenvalue weighted by Gasteiger charge is 2.28. The fraction of sp³-hybridized carbons (Fsp3) is 1.00. The van der Waals surface area contributed by atoms with Crippen molar-refractivity contribution in [3.63, 3.8) is 0 Å². The largest absolute Gasteiger partial charge is 0.318 e. The van der Waals surface area contributed by atoms with Gasteiger partial charge in [-0.15, -0.1) is 0 Å². The Morgan fingerprint density at radius 3 is 2.29 bits per heavy atom. The van der Waals surface area contributed by atoms with E-state index in [4.69, 9.17) is 0 Å². The van der Waals surface area contributed by atoms with Gasteiger partial charge in [0.1, 0.15) is 0 Å². The first kappa shape index (κ1) is 13.3. The average molecular weight is 239 g/mol. The summed E-state index contributed by atoms with van der Waals surface area (Å²) in [5.41, 5.74) is 0. The molecular weight excluding hydrogens is 210 g/mol. The molecule has 0 amide bonds. The number of hydrogen-bond donors (Lipinski definition) is 1. The van der Waals surface area contributed by atoms with E-state index in [9.17, 15) is 0 Å². The van der Waals surface area contributed by atoms with Crippen molar-refractivity contribution >= 4 is 0 Å². The van der Waals surface area contributed by atoms with Crippen molar-refractivity contribution < 1.29 is 0 Å². The minimum Gasteiger partial charge on any atom is -0.318 e. The molecule has 1 aliphatic heterocycles. The van der Waals surface area contributed by atoms with Crippen LogP contribution in [0.5, 0.6) is 0 Å². The summed E-state index contributed by atoms with van der Waals surface area (Å²) in [5.74, 6) is 0. The number of rotatable bonds is 5. The maximum absolute atomic E-state index is 3.33. The second-order valence-corrected chi connectivity index (χ2v) is 5.63. The fourth-order valence-corrected chi connectivity index (χ4v) is 3.50. The highest BCUT2D eigenvalue weighted by atomic mass is 15.3. The molecule has 1 N–H and O–H groups in total. The van der Waals surface area contributed by atoms with Crippen molar-refractivity contribution in [1.29, 1.82) is 0 Å². The van der Waals surface area contributed by atoms with Gasteiger partial charge in [-0.05, 0) is 26.3 Å². The van der Waals surface area contributed by atoms with Crippen molar-refractivity contribution in [3.8, 4) is 0 Å². The summed E-state index contributed by atoms with van der Waals surface area (Å²) >= 11 is 0. The molecule has 0 spiro atoms. The molecular formula is C14H29N3. The summed E-state index contributed by atoms with van der Waals surface area (Å²) in [6.07, 6.45) is 7.09. The minimum atomic E-state index is 0.741. The van der Waals surface area contributed by atoms with E-state index < -0.39 is 0 Å². The van der Waals surface area contributed by atoms with Crippen LogP contribution in [0.25, 0.3) is 0 Å². The predicted molar refractivity (Wildman–Crippen MR) is 73.4 cm³/mol. The molecule has 1 unspecified atom stereocenters. The quantitative estimate of drug-likeness (QED) is 0.785. The van der Waals surface area contributed by atoms with Crippen molar-refractivity contribution in [2.45, 2.75) is 51.1 Å². The Bertz CT molecular complexity index is 206. The maximum atomic E-state index is 3.33. The summed E-state index contributed by atoms with van der Waals surface area (Å²) in [6.45, 7) is 8.59. The Morgan fingerprint density at radius 2 is 1.76 bits per heavy atom. The highest BCUT2D eigenvalue weighted by molar-refractivity contribution is 4.84. The maximum Gasteiger partial charge on any atom is 0.0218 e. The van der Waals surface area contributed by atoms with Gasteiger partial charge in [-0.1, -0.05) is 19.8 Å². The highest BCUT2D eigenvalue weighted by Crippen LogP contribution is 2.24. The molecule has 1 heterocycles. The van der Waals surface area contributed by atoms with E-state index >= 15 is 0 Å². The van der Waals surface area contributed by atoms with Gasteiger partial charge in [0.25, 0.3) is 0 Å². The monoisotopic (exact) mass is 239 g/mol. The van der Waals surface area contributed by atoms with Gasteiger partial charge in [0, 0.05) is 44.8 Å². The Labute approximate surface area is 107 Å². The Morgan fingerprint density at radius 1 is 1.12 bits per heavy atom. The van der Waals surface area contributed by atoms with Crippen LogP contribution in [0.2, 0.25) is 0 Å². The van der Waals surface area contributed by atoms with E-state index in [0.717, 1.165) is 18.6 Å². The average Bonchev–Trinajstić information content (AvgIpc) is 2.90. The van der Waals surface area contributed by atoms with Crippen molar-refractivity contribution in [3.05, 3.63) is 0 Å². The third-order valence-electron chi connectivity index (χ3n) is 4.62.